The third kappa shape index (κ3) is 4.31. The van der Waals surface area contributed by atoms with E-state index in [0.29, 0.717) is 27.3 Å². The Morgan fingerprint density at radius 2 is 2.04 bits per heavy atom. The van der Waals surface area contributed by atoms with Crippen LogP contribution < -0.4 is 10.1 Å². The van der Waals surface area contributed by atoms with Crippen LogP contribution in [0, 0.1) is 0 Å². The molecule has 1 aromatic heterocycles. The number of nitrogens with zero attached hydrogens (tertiary/aromatic N) is 1. The van der Waals surface area contributed by atoms with E-state index in [9.17, 15) is 4.79 Å². The number of carbonyl (C=O) groups is 1. The molecule has 3 aromatic rings. The van der Waals surface area contributed by atoms with Crippen molar-refractivity contribution in [2.75, 3.05) is 11.9 Å². The number of rotatable bonds is 5. The van der Waals surface area contributed by atoms with E-state index in [1.807, 2.05) is 25.1 Å². The van der Waals surface area contributed by atoms with Gasteiger partial charge in [0.1, 0.15) is 5.75 Å². The molecule has 0 spiro atoms. The maximum Gasteiger partial charge on any atom is 0.250 e. The Morgan fingerprint density at radius 1 is 1.28 bits per heavy atom. The predicted octanol–water partition coefficient (Wildman–Crippen LogP) is 5.65. The normalized spacial score (nSPS) is 11.2. The van der Waals surface area contributed by atoms with Gasteiger partial charge >= 0.3 is 0 Å². The van der Waals surface area contributed by atoms with Gasteiger partial charge in [-0.15, -0.1) is 0 Å². The number of carbonyl (C=O) groups excluding carboxylic acids is 1. The van der Waals surface area contributed by atoms with Crippen molar-refractivity contribution in [1.29, 1.82) is 0 Å². The number of anilines is 1. The minimum Gasteiger partial charge on any atom is -0.494 e. The van der Waals surface area contributed by atoms with Crippen LogP contribution in [0.3, 0.4) is 0 Å². The van der Waals surface area contributed by atoms with Crippen LogP contribution in [0.5, 0.6) is 5.75 Å². The second kappa shape index (κ2) is 7.87. The molecule has 0 saturated heterocycles. The molecule has 25 heavy (non-hydrogen) atoms. The lowest BCUT2D eigenvalue weighted by molar-refractivity contribution is -0.111. The van der Waals surface area contributed by atoms with E-state index in [1.54, 1.807) is 24.3 Å². The fourth-order valence-corrected chi connectivity index (χ4v) is 3.61. The minimum absolute atomic E-state index is 0.305. The molecule has 0 atom stereocenters. The maximum atomic E-state index is 12.1. The summed E-state index contributed by atoms with van der Waals surface area (Å²) in [5.41, 5.74) is 1.41. The maximum absolute atomic E-state index is 12.1. The molecule has 0 aliphatic rings. The zero-order valence-electron chi connectivity index (χ0n) is 13.3. The Labute approximate surface area is 159 Å². The van der Waals surface area contributed by atoms with Gasteiger partial charge in [0.05, 0.1) is 16.8 Å². The Hall–Kier alpha value is -2.08. The zero-order chi connectivity index (χ0) is 17.8. The van der Waals surface area contributed by atoms with Crippen LogP contribution in [0.2, 0.25) is 10.0 Å². The van der Waals surface area contributed by atoms with Crippen molar-refractivity contribution < 1.29 is 9.53 Å². The summed E-state index contributed by atoms with van der Waals surface area (Å²) in [6.45, 7) is 2.53. The molecule has 2 aromatic carbocycles. The summed E-state index contributed by atoms with van der Waals surface area (Å²) in [6.07, 6.45) is 2.96. The number of nitrogens with one attached hydrogen (secondary N) is 1. The van der Waals surface area contributed by atoms with E-state index in [4.69, 9.17) is 27.9 Å². The van der Waals surface area contributed by atoms with Gasteiger partial charge in [0.25, 0.3) is 0 Å². The van der Waals surface area contributed by atoms with Crippen molar-refractivity contribution in [2.24, 2.45) is 0 Å². The van der Waals surface area contributed by atoms with Crippen molar-refractivity contribution >= 4 is 61.9 Å². The summed E-state index contributed by atoms with van der Waals surface area (Å²) in [4.78, 5) is 16.5. The van der Waals surface area contributed by atoms with E-state index in [0.717, 1.165) is 16.0 Å². The van der Waals surface area contributed by atoms with Crippen LogP contribution in [-0.2, 0) is 4.79 Å². The topological polar surface area (TPSA) is 51.2 Å². The fraction of sp³-hybridized carbons (Fsp3) is 0.111. The highest BCUT2D eigenvalue weighted by Gasteiger charge is 2.08. The molecule has 0 bridgehead atoms. The molecule has 1 heterocycles. The molecule has 0 radical (unpaired) electrons. The van der Waals surface area contributed by atoms with Gasteiger partial charge in [-0.3, -0.25) is 10.1 Å². The molecule has 0 fully saturated rings. The summed E-state index contributed by atoms with van der Waals surface area (Å²) in [5, 5.41) is 4.24. The van der Waals surface area contributed by atoms with Gasteiger partial charge in [-0.2, -0.15) is 0 Å². The number of hydrogen-bond acceptors (Lipinski definition) is 4. The Morgan fingerprint density at radius 3 is 2.76 bits per heavy atom. The third-order valence-electron chi connectivity index (χ3n) is 3.30. The summed E-state index contributed by atoms with van der Waals surface area (Å²) < 4.78 is 6.41. The monoisotopic (exact) mass is 392 g/mol. The molecule has 0 saturated carbocycles. The molecule has 1 N–H and O–H groups in total. The van der Waals surface area contributed by atoms with Crippen LogP contribution >= 0.6 is 34.5 Å². The third-order valence-corrected chi connectivity index (χ3v) is 4.89. The molecular formula is C18H14Cl2N2O2S. The van der Waals surface area contributed by atoms with Crippen LogP contribution in [0.1, 0.15) is 12.5 Å². The van der Waals surface area contributed by atoms with E-state index in [1.165, 1.54) is 17.4 Å². The van der Waals surface area contributed by atoms with Crippen molar-refractivity contribution in [2.45, 2.75) is 6.92 Å². The molecule has 7 heteroatoms. The van der Waals surface area contributed by atoms with Crippen LogP contribution in [-0.4, -0.2) is 17.5 Å². The first kappa shape index (κ1) is 17.7. The first-order valence-corrected chi connectivity index (χ1v) is 9.10. The summed E-state index contributed by atoms with van der Waals surface area (Å²) >= 11 is 13.5. The fourth-order valence-electron chi connectivity index (χ4n) is 2.19. The summed E-state index contributed by atoms with van der Waals surface area (Å²) in [5.74, 6) is 0.477. The molecule has 0 aliphatic heterocycles. The highest BCUT2D eigenvalue weighted by Crippen LogP contribution is 2.29. The van der Waals surface area contributed by atoms with Crippen molar-refractivity contribution in [3.05, 3.63) is 58.1 Å². The van der Waals surface area contributed by atoms with Gasteiger partial charge in [0, 0.05) is 21.7 Å². The number of ether oxygens (including phenoxy) is 1. The highest BCUT2D eigenvalue weighted by atomic mass is 35.5. The predicted molar refractivity (Wildman–Crippen MR) is 105 cm³/mol. The Bertz CT molecular complexity index is 933. The number of aromatic nitrogens is 1. The number of thiazole rings is 1. The standard InChI is InChI=1S/C18H14Cl2N2O2S/c1-2-24-11-6-8-15-16(10-11)25-18(21-15)22-17(23)9-7-12-13(19)4-3-5-14(12)20/h3-10H,2H2,1H3,(H,21,22,23)/b9-7+. The first-order valence-electron chi connectivity index (χ1n) is 7.53. The van der Waals surface area contributed by atoms with E-state index < -0.39 is 0 Å². The number of benzene rings is 2. The number of fused-ring (bicyclic) bond motifs is 1. The van der Waals surface area contributed by atoms with E-state index in [-0.39, 0.29) is 5.91 Å². The van der Waals surface area contributed by atoms with Crippen LogP contribution in [0.4, 0.5) is 5.13 Å². The SMILES string of the molecule is CCOc1ccc2nc(NC(=O)/C=C/c3c(Cl)cccc3Cl)sc2c1. The molecule has 3 rings (SSSR count). The minimum atomic E-state index is -0.305. The lowest BCUT2D eigenvalue weighted by Crippen LogP contribution is -2.07. The largest absolute Gasteiger partial charge is 0.494 e. The summed E-state index contributed by atoms with van der Waals surface area (Å²) in [6, 6.07) is 10.8. The number of amides is 1. The van der Waals surface area contributed by atoms with Gasteiger partial charge in [-0.25, -0.2) is 4.98 Å². The number of hydrogen-bond donors (Lipinski definition) is 1. The lowest BCUT2D eigenvalue weighted by atomic mass is 10.2. The quantitative estimate of drug-likeness (QED) is 0.570. The van der Waals surface area contributed by atoms with Crippen molar-refractivity contribution in [3.63, 3.8) is 0 Å². The van der Waals surface area contributed by atoms with Crippen molar-refractivity contribution in [1.82, 2.24) is 4.98 Å². The average Bonchev–Trinajstić information content (AvgIpc) is 2.96. The van der Waals surface area contributed by atoms with E-state index in [2.05, 4.69) is 10.3 Å². The second-order valence-corrected chi connectivity index (χ2v) is 6.88. The highest BCUT2D eigenvalue weighted by molar-refractivity contribution is 7.22. The molecule has 0 aliphatic carbocycles. The van der Waals surface area contributed by atoms with Gasteiger partial charge < -0.3 is 4.74 Å². The smallest absolute Gasteiger partial charge is 0.250 e. The zero-order valence-corrected chi connectivity index (χ0v) is 15.6. The molecule has 1 amide bonds. The lowest BCUT2D eigenvalue weighted by Gasteiger charge is -2.00. The number of halogens is 2. The average molecular weight is 393 g/mol. The second-order valence-electron chi connectivity index (χ2n) is 5.04. The van der Waals surface area contributed by atoms with Crippen LogP contribution in [0.25, 0.3) is 16.3 Å². The molecule has 4 nitrogen and oxygen atoms in total. The molecule has 0 unspecified atom stereocenters. The van der Waals surface area contributed by atoms with Gasteiger partial charge in [0.15, 0.2) is 5.13 Å². The first-order chi connectivity index (χ1) is 12.1. The van der Waals surface area contributed by atoms with Crippen molar-refractivity contribution in [3.8, 4) is 5.75 Å². The summed E-state index contributed by atoms with van der Waals surface area (Å²) in [7, 11) is 0. The van der Waals surface area contributed by atoms with E-state index >= 15 is 0 Å². The van der Waals surface area contributed by atoms with Gasteiger partial charge in [-0.1, -0.05) is 40.6 Å². The molecule has 128 valence electrons. The molecular weight excluding hydrogens is 379 g/mol. The van der Waals surface area contributed by atoms with Gasteiger partial charge in [-0.05, 0) is 43.3 Å². The Balaban J connectivity index is 1.74. The Kier molecular flexibility index (Phi) is 5.58. The van der Waals surface area contributed by atoms with Gasteiger partial charge in [0.2, 0.25) is 5.91 Å². The van der Waals surface area contributed by atoms with Crippen LogP contribution in [0.15, 0.2) is 42.5 Å².